The van der Waals surface area contributed by atoms with E-state index < -0.39 is 37.0 Å². The predicted molar refractivity (Wildman–Crippen MR) is 211 cm³/mol. The summed E-state index contributed by atoms with van der Waals surface area (Å²) in [6.45, 7) is 26.5. The fourth-order valence-electron chi connectivity index (χ4n) is 5.90. The van der Waals surface area contributed by atoms with Crippen LogP contribution in [-0.2, 0) is 26.3 Å². The van der Waals surface area contributed by atoms with E-state index in [9.17, 15) is 0 Å². The van der Waals surface area contributed by atoms with Gasteiger partial charge in [0.05, 0.1) is 25.7 Å². The van der Waals surface area contributed by atoms with Crippen molar-refractivity contribution < 1.29 is 20.8 Å². The number of hydrogen-bond acceptors (Lipinski definition) is 0. The van der Waals surface area contributed by atoms with Gasteiger partial charge in [-0.1, -0.05) is 149 Å². The molecule has 0 nitrogen and oxygen atoms in total. The molecule has 238 valence electrons. The molecule has 2 radical (unpaired) electrons. The number of fused-ring (bicyclic) bond motifs is 4. The zero-order chi connectivity index (χ0) is 34.0. The second kappa shape index (κ2) is 15.0. The first-order valence-corrected chi connectivity index (χ1v) is 30.5. The van der Waals surface area contributed by atoms with Crippen molar-refractivity contribution in [1.82, 2.24) is 0 Å². The first-order valence-electron chi connectivity index (χ1n) is 16.2. The van der Waals surface area contributed by atoms with Crippen LogP contribution in [0, 0.1) is 6.07 Å². The van der Waals surface area contributed by atoms with E-state index in [-0.39, 0.29) is 5.41 Å². The minimum absolute atomic E-state index is 0.165. The van der Waals surface area contributed by atoms with Crippen molar-refractivity contribution >= 4 is 74.2 Å². The molecule has 5 aromatic rings. The topological polar surface area (TPSA) is 0 Å². The van der Waals surface area contributed by atoms with Gasteiger partial charge in [0.2, 0.25) is 0 Å². The Morgan fingerprint density at radius 3 is 1.93 bits per heavy atom. The van der Waals surface area contributed by atoms with E-state index in [0.29, 0.717) is 5.92 Å². The van der Waals surface area contributed by atoms with Crippen LogP contribution in [0.4, 0.5) is 0 Å². The number of hydrogen-bond donors (Lipinski definition) is 0. The van der Waals surface area contributed by atoms with Gasteiger partial charge in [-0.15, -0.1) is 40.1 Å². The summed E-state index contributed by atoms with van der Waals surface area (Å²) in [5.74, 6) is 0.503. The van der Waals surface area contributed by atoms with Crippen molar-refractivity contribution in [3.63, 3.8) is 0 Å². The average Bonchev–Trinajstić information content (AvgIpc) is 3.58. The molecule has 1 aliphatic rings. The normalized spacial score (nSPS) is 12.5. The Morgan fingerprint density at radius 1 is 0.783 bits per heavy atom. The van der Waals surface area contributed by atoms with Crippen molar-refractivity contribution in [1.29, 1.82) is 0 Å². The summed E-state index contributed by atoms with van der Waals surface area (Å²) in [5.41, 5.74) is 8.75. The second-order valence-electron chi connectivity index (χ2n) is 15.7. The minimum Gasteiger partial charge on any atom is -0.184 e. The Hall–Kier alpha value is -1.40. The molecule has 0 fully saturated rings. The molecule has 46 heavy (non-hydrogen) atoms. The van der Waals surface area contributed by atoms with Gasteiger partial charge in [-0.3, -0.25) is 0 Å². The molecule has 1 heterocycles. The molecule has 0 aliphatic carbocycles. The van der Waals surface area contributed by atoms with Gasteiger partial charge < -0.3 is 0 Å². The van der Waals surface area contributed by atoms with E-state index in [1.807, 2.05) is 6.07 Å². The van der Waals surface area contributed by atoms with Crippen LogP contribution in [0.5, 0.6) is 0 Å². The smallest absolute Gasteiger partial charge is 0.0920 e. The molecule has 6 heteroatoms. The zero-order valence-corrected chi connectivity index (χ0v) is 36.4. The Kier molecular flexibility index (Phi) is 12.2. The standard InChI is InChI=1S/C28H41Si2.C12H7Si.2ClH.Zr/c1-19(2)25-13-12-20-14-22(28(3,4)5)17-26(20)27(25)21-15-23(29(6,7)8)18-24(16-21)30(9,10)11;1-3-7-11-9(5-1)10-6-2-4-8-12(10)13-11;;;/h12-19H,1-11H3;1-7H;2*1H;/q2*-1;;;+4/p-2. The molecule has 0 atom stereocenters. The monoisotopic (exact) mass is 772 g/mol. The Morgan fingerprint density at radius 2 is 1.37 bits per heavy atom. The van der Waals surface area contributed by atoms with Crippen molar-refractivity contribution in [3.8, 4) is 22.3 Å². The molecule has 5 aromatic carbocycles. The molecule has 0 N–H and O–H groups in total. The summed E-state index contributed by atoms with van der Waals surface area (Å²) in [5, 5.41) is 8.81. The van der Waals surface area contributed by atoms with Gasteiger partial charge in [0.1, 0.15) is 0 Å². The predicted octanol–water partition coefficient (Wildman–Crippen LogP) is 10.2. The minimum atomic E-state index is -1.42. The SMILES string of the molecule is CC(C)c1ccc2[cH-]c(C(C)(C)C)cc2c1-c1cc([Si](C)(C)C)cc([Si](C)(C)C)c1.[Cl][Zr+2][Cl].[c-]1cccc2c1[Si]c1ccccc1-2. The average molecular weight is 775 g/mol. The van der Waals surface area contributed by atoms with Gasteiger partial charge in [0.25, 0.3) is 0 Å². The van der Waals surface area contributed by atoms with Gasteiger partial charge in [-0.25, -0.2) is 0 Å². The molecule has 0 aromatic heterocycles. The molecule has 0 saturated carbocycles. The third-order valence-corrected chi connectivity index (χ3v) is 14.1. The number of benzene rings is 4. The molecule has 0 amide bonds. The van der Waals surface area contributed by atoms with E-state index in [4.69, 9.17) is 17.0 Å². The van der Waals surface area contributed by atoms with E-state index in [1.165, 1.54) is 54.5 Å². The fraction of sp³-hybridized carbons (Fsp3) is 0.325. The fourth-order valence-corrected chi connectivity index (χ4v) is 9.71. The largest absolute Gasteiger partial charge is 0.184 e. The van der Waals surface area contributed by atoms with Gasteiger partial charge in [0, 0.05) is 0 Å². The Bertz CT molecular complexity index is 1720. The third-order valence-electron chi connectivity index (χ3n) is 8.70. The summed E-state index contributed by atoms with van der Waals surface area (Å²) in [7, 11) is 7.82. The first kappa shape index (κ1) is 37.4. The van der Waals surface area contributed by atoms with Crippen LogP contribution < -0.4 is 20.7 Å². The molecule has 0 unspecified atom stereocenters. The van der Waals surface area contributed by atoms with E-state index in [2.05, 4.69) is 159 Å². The number of halogens is 2. The van der Waals surface area contributed by atoms with Crippen molar-refractivity contribution in [2.24, 2.45) is 0 Å². The Balaban J connectivity index is 0.000000245. The molecule has 0 spiro atoms. The second-order valence-corrected chi connectivity index (χ2v) is 30.9. The quantitative estimate of drug-likeness (QED) is 0.124. The van der Waals surface area contributed by atoms with Gasteiger partial charge in [-0.2, -0.15) is 35.5 Å². The van der Waals surface area contributed by atoms with Crippen LogP contribution >= 0.6 is 17.0 Å². The van der Waals surface area contributed by atoms with Crippen molar-refractivity contribution in [2.75, 3.05) is 0 Å². The van der Waals surface area contributed by atoms with Gasteiger partial charge in [0.15, 0.2) is 0 Å². The van der Waals surface area contributed by atoms with Crippen LogP contribution in [0.3, 0.4) is 0 Å². The third kappa shape index (κ3) is 8.79. The van der Waals surface area contributed by atoms with E-state index in [0.717, 1.165) is 9.52 Å². The summed E-state index contributed by atoms with van der Waals surface area (Å²) in [6.07, 6.45) is 0. The zero-order valence-electron chi connectivity index (χ0n) is 29.4. The van der Waals surface area contributed by atoms with E-state index >= 15 is 0 Å². The molecule has 1 aliphatic heterocycles. The molecule has 0 saturated heterocycles. The summed E-state index contributed by atoms with van der Waals surface area (Å²) >= 11 is -0.826. The summed E-state index contributed by atoms with van der Waals surface area (Å²) in [6, 6.07) is 35.4. The summed E-state index contributed by atoms with van der Waals surface area (Å²) < 4.78 is 0. The van der Waals surface area contributed by atoms with Crippen molar-refractivity contribution in [2.45, 2.75) is 85.2 Å². The molecular weight excluding hydrogens is 727 g/mol. The van der Waals surface area contributed by atoms with Crippen LogP contribution in [0.25, 0.3) is 33.0 Å². The Labute approximate surface area is 302 Å². The van der Waals surface area contributed by atoms with Gasteiger partial charge in [-0.05, 0) is 16.9 Å². The van der Waals surface area contributed by atoms with Crippen LogP contribution in [0.15, 0.2) is 84.9 Å². The van der Waals surface area contributed by atoms with Gasteiger partial charge >= 0.3 is 37.9 Å². The van der Waals surface area contributed by atoms with Crippen molar-refractivity contribution in [3.05, 3.63) is 102 Å². The maximum absolute atomic E-state index is 4.93. The molecule has 0 bridgehead atoms. The number of rotatable bonds is 4. The van der Waals surface area contributed by atoms with E-state index in [1.54, 1.807) is 10.4 Å². The summed E-state index contributed by atoms with van der Waals surface area (Å²) in [4.78, 5) is 0. The van der Waals surface area contributed by atoms with Crippen LogP contribution in [0.1, 0.15) is 51.7 Å². The van der Waals surface area contributed by atoms with Crippen LogP contribution in [-0.4, -0.2) is 25.7 Å². The molecule has 6 rings (SSSR count). The maximum atomic E-state index is 4.93. The molecular formula is C40H48Cl2Si3Zr. The first-order chi connectivity index (χ1) is 21.5. The van der Waals surface area contributed by atoms with Crippen LogP contribution in [0.2, 0.25) is 39.3 Å². The maximum Gasteiger partial charge on any atom is 0.0920 e.